The van der Waals surface area contributed by atoms with Gasteiger partial charge < -0.3 is 10.6 Å². The van der Waals surface area contributed by atoms with Crippen LogP contribution in [0.25, 0.3) is 0 Å². The highest BCUT2D eigenvalue weighted by atomic mass is 16.1. The molecule has 0 aliphatic carbocycles. The van der Waals surface area contributed by atoms with Crippen LogP contribution in [-0.4, -0.2) is 22.4 Å². The average Bonchev–Trinajstić information content (AvgIpc) is 2.48. The number of nitrogens with one attached hydrogen (secondary N) is 2. The summed E-state index contributed by atoms with van der Waals surface area (Å²) in [4.78, 5) is 21.3. The third-order valence-corrected chi connectivity index (χ3v) is 3.67. The lowest BCUT2D eigenvalue weighted by Crippen LogP contribution is -2.18. The van der Waals surface area contributed by atoms with Crippen LogP contribution in [0.15, 0.2) is 18.2 Å². The van der Waals surface area contributed by atoms with Crippen molar-refractivity contribution in [3.8, 4) is 0 Å². The van der Waals surface area contributed by atoms with Crippen LogP contribution in [0.1, 0.15) is 46.7 Å². The molecule has 0 atom stereocenters. The minimum Gasteiger partial charge on any atom is -0.354 e. The Bertz CT molecular complexity index is 730. The second-order valence-electron chi connectivity index (χ2n) is 6.72. The Labute approximate surface area is 143 Å². The molecule has 2 rings (SSSR count). The van der Waals surface area contributed by atoms with Gasteiger partial charge in [-0.25, -0.2) is 9.97 Å². The van der Waals surface area contributed by atoms with E-state index in [9.17, 15) is 4.79 Å². The lowest BCUT2D eigenvalue weighted by molar-refractivity contribution is 0.102. The van der Waals surface area contributed by atoms with Crippen molar-refractivity contribution in [2.75, 3.05) is 17.2 Å². The summed E-state index contributed by atoms with van der Waals surface area (Å²) >= 11 is 0. The van der Waals surface area contributed by atoms with Crippen molar-refractivity contribution in [3.05, 3.63) is 46.3 Å². The molecule has 1 aromatic heterocycles. The lowest BCUT2D eigenvalue weighted by atomic mass is 10.0. The number of aromatic nitrogens is 2. The molecule has 0 aliphatic rings. The van der Waals surface area contributed by atoms with Gasteiger partial charge in [0.25, 0.3) is 5.91 Å². The highest BCUT2D eigenvalue weighted by Crippen LogP contribution is 2.22. The molecular weight excluding hydrogens is 300 g/mol. The maximum Gasteiger partial charge on any atom is 0.274 e. The first-order valence-electron chi connectivity index (χ1n) is 8.25. The predicted octanol–water partition coefficient (Wildman–Crippen LogP) is 4.03. The lowest BCUT2D eigenvalue weighted by Gasteiger charge is -2.13. The number of rotatable bonds is 5. The number of anilines is 2. The van der Waals surface area contributed by atoms with E-state index in [0.717, 1.165) is 29.1 Å². The van der Waals surface area contributed by atoms with Crippen LogP contribution in [0.3, 0.4) is 0 Å². The van der Waals surface area contributed by atoms with Gasteiger partial charge >= 0.3 is 0 Å². The Morgan fingerprint density at radius 1 is 1.04 bits per heavy atom. The standard InChI is InChI=1S/C19H26N4O/c1-11(2)10-20-19-21-15(6)9-16(22-19)18(24)23-17-13(4)7-12(3)8-14(17)5/h7-9,11H,10H2,1-6H3,(H,23,24)(H,20,21,22). The van der Waals surface area contributed by atoms with E-state index in [4.69, 9.17) is 0 Å². The molecule has 1 amide bonds. The van der Waals surface area contributed by atoms with Gasteiger partial charge in [-0.2, -0.15) is 0 Å². The molecule has 0 unspecified atom stereocenters. The molecule has 1 heterocycles. The van der Waals surface area contributed by atoms with Crippen LogP contribution >= 0.6 is 0 Å². The SMILES string of the molecule is Cc1cc(C)c(NC(=O)c2cc(C)nc(NCC(C)C)n2)c(C)c1. The third-order valence-electron chi connectivity index (χ3n) is 3.67. The van der Waals surface area contributed by atoms with Crippen molar-refractivity contribution >= 4 is 17.5 Å². The van der Waals surface area contributed by atoms with Crippen molar-refractivity contribution < 1.29 is 4.79 Å². The first-order valence-corrected chi connectivity index (χ1v) is 8.25. The number of aryl methyl sites for hydroxylation is 4. The van der Waals surface area contributed by atoms with Gasteiger partial charge in [0.1, 0.15) is 5.69 Å². The fraction of sp³-hybridized carbons (Fsp3) is 0.421. The Morgan fingerprint density at radius 3 is 2.25 bits per heavy atom. The van der Waals surface area contributed by atoms with E-state index in [1.165, 1.54) is 5.56 Å². The Hall–Kier alpha value is -2.43. The summed E-state index contributed by atoms with van der Waals surface area (Å²) in [6, 6.07) is 5.82. The molecule has 0 saturated heterocycles. The summed E-state index contributed by atoms with van der Waals surface area (Å²) < 4.78 is 0. The number of benzene rings is 1. The number of amides is 1. The smallest absolute Gasteiger partial charge is 0.274 e. The quantitative estimate of drug-likeness (QED) is 0.870. The van der Waals surface area contributed by atoms with E-state index in [1.807, 2.05) is 27.7 Å². The number of hydrogen-bond donors (Lipinski definition) is 2. The summed E-state index contributed by atoms with van der Waals surface area (Å²) in [5.74, 6) is 0.749. The van der Waals surface area contributed by atoms with E-state index in [0.29, 0.717) is 17.6 Å². The molecule has 2 N–H and O–H groups in total. The van der Waals surface area contributed by atoms with Crippen molar-refractivity contribution in [1.82, 2.24) is 9.97 Å². The summed E-state index contributed by atoms with van der Waals surface area (Å²) in [7, 11) is 0. The number of carbonyl (C=O) groups is 1. The molecule has 5 nitrogen and oxygen atoms in total. The maximum absolute atomic E-state index is 12.6. The molecule has 0 bridgehead atoms. The first kappa shape index (κ1) is 17.9. The minimum atomic E-state index is -0.219. The molecular formula is C19H26N4O. The second kappa shape index (κ2) is 7.43. The molecule has 24 heavy (non-hydrogen) atoms. The summed E-state index contributed by atoms with van der Waals surface area (Å²) in [5, 5.41) is 6.16. The van der Waals surface area contributed by atoms with Gasteiger partial charge in [-0.3, -0.25) is 4.79 Å². The van der Waals surface area contributed by atoms with E-state index < -0.39 is 0 Å². The van der Waals surface area contributed by atoms with Crippen LogP contribution in [0.5, 0.6) is 0 Å². The topological polar surface area (TPSA) is 66.9 Å². The number of hydrogen-bond acceptors (Lipinski definition) is 4. The number of carbonyl (C=O) groups excluding carboxylic acids is 1. The predicted molar refractivity (Wildman–Crippen MR) is 98.7 cm³/mol. The zero-order chi connectivity index (χ0) is 17.9. The van der Waals surface area contributed by atoms with E-state index >= 15 is 0 Å². The van der Waals surface area contributed by atoms with Crippen LogP contribution in [0.2, 0.25) is 0 Å². The average molecular weight is 326 g/mol. The first-order chi connectivity index (χ1) is 11.3. The van der Waals surface area contributed by atoms with Crippen molar-refractivity contribution in [1.29, 1.82) is 0 Å². The zero-order valence-corrected chi connectivity index (χ0v) is 15.3. The van der Waals surface area contributed by atoms with E-state index in [1.54, 1.807) is 6.07 Å². The molecule has 128 valence electrons. The molecule has 0 radical (unpaired) electrons. The van der Waals surface area contributed by atoms with Gasteiger partial charge in [0.15, 0.2) is 0 Å². The van der Waals surface area contributed by atoms with Crippen molar-refractivity contribution in [3.63, 3.8) is 0 Å². The minimum absolute atomic E-state index is 0.219. The molecule has 5 heteroatoms. The summed E-state index contributed by atoms with van der Waals surface area (Å²) in [6.07, 6.45) is 0. The number of nitrogens with zero attached hydrogens (tertiary/aromatic N) is 2. The van der Waals surface area contributed by atoms with Gasteiger partial charge in [-0.05, 0) is 50.8 Å². The zero-order valence-electron chi connectivity index (χ0n) is 15.3. The molecule has 0 aliphatic heterocycles. The van der Waals surface area contributed by atoms with Gasteiger partial charge in [0.05, 0.1) is 0 Å². The Balaban J connectivity index is 2.24. The normalized spacial score (nSPS) is 10.8. The molecule has 2 aromatic rings. The Kier molecular flexibility index (Phi) is 5.54. The van der Waals surface area contributed by atoms with E-state index in [-0.39, 0.29) is 5.91 Å². The fourth-order valence-electron chi connectivity index (χ4n) is 2.61. The highest BCUT2D eigenvalue weighted by Gasteiger charge is 2.14. The second-order valence-corrected chi connectivity index (χ2v) is 6.72. The Morgan fingerprint density at radius 2 is 1.67 bits per heavy atom. The molecule has 1 aromatic carbocycles. The van der Waals surface area contributed by atoms with Crippen LogP contribution in [0.4, 0.5) is 11.6 Å². The molecule has 0 fully saturated rings. The third kappa shape index (κ3) is 4.54. The van der Waals surface area contributed by atoms with Gasteiger partial charge in [0, 0.05) is 17.9 Å². The monoisotopic (exact) mass is 326 g/mol. The molecule has 0 spiro atoms. The van der Waals surface area contributed by atoms with Crippen molar-refractivity contribution in [2.45, 2.75) is 41.5 Å². The summed E-state index contributed by atoms with van der Waals surface area (Å²) in [6.45, 7) is 12.9. The van der Waals surface area contributed by atoms with E-state index in [2.05, 4.69) is 46.6 Å². The van der Waals surface area contributed by atoms with Crippen LogP contribution in [0, 0.1) is 33.6 Å². The van der Waals surface area contributed by atoms with Crippen molar-refractivity contribution in [2.24, 2.45) is 5.92 Å². The highest BCUT2D eigenvalue weighted by molar-refractivity contribution is 6.04. The maximum atomic E-state index is 12.6. The fourth-order valence-corrected chi connectivity index (χ4v) is 2.61. The largest absolute Gasteiger partial charge is 0.354 e. The molecule has 0 saturated carbocycles. The summed E-state index contributed by atoms with van der Waals surface area (Å²) in [5.41, 5.74) is 5.25. The van der Waals surface area contributed by atoms with Gasteiger partial charge in [-0.15, -0.1) is 0 Å². The van der Waals surface area contributed by atoms with Gasteiger partial charge in [-0.1, -0.05) is 31.5 Å². The van der Waals surface area contributed by atoms with Crippen LogP contribution < -0.4 is 10.6 Å². The van der Waals surface area contributed by atoms with Gasteiger partial charge in [0.2, 0.25) is 5.95 Å². The van der Waals surface area contributed by atoms with Crippen LogP contribution in [-0.2, 0) is 0 Å².